The van der Waals surface area contributed by atoms with Crippen LogP contribution in [-0.4, -0.2) is 40.5 Å². The first-order chi connectivity index (χ1) is 18.6. The predicted octanol–water partition coefficient (Wildman–Crippen LogP) is 5.31. The molecule has 1 saturated carbocycles. The van der Waals surface area contributed by atoms with Crippen LogP contribution in [0.4, 0.5) is 13.2 Å². The molecule has 2 N–H and O–H groups in total. The van der Waals surface area contributed by atoms with Gasteiger partial charge in [0.1, 0.15) is 6.42 Å². The number of fused-ring (bicyclic) bond motifs is 1. The van der Waals surface area contributed by atoms with Crippen LogP contribution in [0.3, 0.4) is 0 Å². The fraction of sp³-hybridized carbons (Fsp3) is 0.300. The maximum absolute atomic E-state index is 12.9. The highest BCUT2D eigenvalue weighted by Crippen LogP contribution is 2.47. The third-order valence-corrected chi connectivity index (χ3v) is 7.44. The lowest BCUT2D eigenvalue weighted by molar-refractivity contribution is -0.162. The predicted molar refractivity (Wildman–Crippen MR) is 138 cm³/mol. The molecular formula is C30H27F3N2O4. The van der Waals surface area contributed by atoms with Gasteiger partial charge in [-0.3, -0.25) is 9.59 Å². The van der Waals surface area contributed by atoms with E-state index in [4.69, 9.17) is 0 Å². The van der Waals surface area contributed by atoms with Crippen LogP contribution in [0.1, 0.15) is 51.4 Å². The SMILES string of the molecule is O=C(O)c1cccc(-c2ccc(CNC(=O)[C@H]3C[C@H]3c3ccccc3)c3c2CCN(C(=O)CC(F)(F)F)C3)c1. The number of aromatic carboxylic acids is 1. The molecule has 0 saturated heterocycles. The van der Waals surface area contributed by atoms with Gasteiger partial charge in [0.05, 0.1) is 5.56 Å². The summed E-state index contributed by atoms with van der Waals surface area (Å²) >= 11 is 0. The second kappa shape index (κ2) is 10.6. The average Bonchev–Trinajstić information content (AvgIpc) is 3.72. The Morgan fingerprint density at radius 1 is 0.974 bits per heavy atom. The third-order valence-electron chi connectivity index (χ3n) is 7.44. The number of nitrogens with one attached hydrogen (secondary N) is 1. The van der Waals surface area contributed by atoms with Gasteiger partial charge in [-0.2, -0.15) is 13.2 Å². The van der Waals surface area contributed by atoms with Gasteiger partial charge in [-0.15, -0.1) is 0 Å². The van der Waals surface area contributed by atoms with Crippen LogP contribution < -0.4 is 5.32 Å². The molecule has 1 fully saturated rings. The van der Waals surface area contributed by atoms with E-state index in [1.54, 1.807) is 24.3 Å². The normalized spacial score (nSPS) is 18.3. The van der Waals surface area contributed by atoms with Gasteiger partial charge >= 0.3 is 12.1 Å². The Hall–Kier alpha value is -4.14. The monoisotopic (exact) mass is 536 g/mol. The molecule has 1 aliphatic heterocycles. The van der Waals surface area contributed by atoms with Crippen LogP contribution in [0, 0.1) is 5.92 Å². The van der Waals surface area contributed by atoms with Gasteiger partial charge in [0.25, 0.3) is 0 Å². The summed E-state index contributed by atoms with van der Waals surface area (Å²) in [4.78, 5) is 38.0. The molecule has 39 heavy (non-hydrogen) atoms. The van der Waals surface area contributed by atoms with E-state index in [2.05, 4.69) is 5.32 Å². The maximum atomic E-state index is 12.9. The smallest absolute Gasteiger partial charge is 0.397 e. The van der Waals surface area contributed by atoms with E-state index < -0.39 is 24.5 Å². The van der Waals surface area contributed by atoms with Crippen molar-refractivity contribution in [2.75, 3.05) is 6.54 Å². The van der Waals surface area contributed by atoms with Gasteiger partial charge in [-0.05, 0) is 64.3 Å². The Morgan fingerprint density at radius 3 is 2.46 bits per heavy atom. The summed E-state index contributed by atoms with van der Waals surface area (Å²) in [6.07, 6.45) is -5.07. The van der Waals surface area contributed by atoms with Crippen molar-refractivity contribution in [2.24, 2.45) is 5.92 Å². The number of hydrogen-bond donors (Lipinski definition) is 2. The number of rotatable bonds is 7. The highest BCUT2D eigenvalue weighted by atomic mass is 19.4. The molecule has 0 aromatic heterocycles. The number of carboxylic acid groups (broad SMARTS) is 1. The number of hydrogen-bond acceptors (Lipinski definition) is 3. The minimum atomic E-state index is -4.60. The number of nitrogens with zero attached hydrogens (tertiary/aromatic N) is 1. The van der Waals surface area contributed by atoms with Gasteiger partial charge in [0.15, 0.2) is 0 Å². The van der Waals surface area contributed by atoms with Crippen molar-refractivity contribution in [1.82, 2.24) is 10.2 Å². The Labute approximate surface area is 223 Å². The van der Waals surface area contributed by atoms with Crippen LogP contribution in [0.15, 0.2) is 66.7 Å². The summed E-state index contributed by atoms with van der Waals surface area (Å²) in [5.41, 5.74) is 4.91. The first-order valence-corrected chi connectivity index (χ1v) is 12.8. The molecule has 2 aliphatic rings. The zero-order valence-corrected chi connectivity index (χ0v) is 21.0. The largest absolute Gasteiger partial charge is 0.478 e. The van der Waals surface area contributed by atoms with Crippen molar-refractivity contribution in [3.63, 3.8) is 0 Å². The Balaban J connectivity index is 1.40. The van der Waals surface area contributed by atoms with E-state index in [0.717, 1.165) is 28.7 Å². The Kier molecular flexibility index (Phi) is 7.16. The maximum Gasteiger partial charge on any atom is 0.397 e. The number of carbonyl (C=O) groups excluding carboxylic acids is 2. The quantitative estimate of drug-likeness (QED) is 0.429. The van der Waals surface area contributed by atoms with E-state index in [-0.39, 0.29) is 42.9 Å². The van der Waals surface area contributed by atoms with Gasteiger partial charge in [-0.1, -0.05) is 54.6 Å². The molecule has 9 heteroatoms. The number of halogens is 3. The summed E-state index contributed by atoms with van der Waals surface area (Å²) in [6.45, 7) is 0.276. The number of benzene rings is 3. The zero-order valence-electron chi connectivity index (χ0n) is 21.0. The van der Waals surface area contributed by atoms with Crippen molar-refractivity contribution in [1.29, 1.82) is 0 Å². The van der Waals surface area contributed by atoms with Crippen molar-refractivity contribution >= 4 is 17.8 Å². The zero-order chi connectivity index (χ0) is 27.7. The Morgan fingerprint density at radius 2 is 1.74 bits per heavy atom. The first kappa shape index (κ1) is 26.5. The van der Waals surface area contributed by atoms with Gasteiger partial charge in [-0.25, -0.2) is 4.79 Å². The van der Waals surface area contributed by atoms with Gasteiger partial charge < -0.3 is 15.3 Å². The molecule has 2 atom stereocenters. The topological polar surface area (TPSA) is 86.7 Å². The molecule has 0 spiro atoms. The van der Waals surface area contributed by atoms with E-state index in [0.29, 0.717) is 17.5 Å². The Bertz CT molecular complexity index is 1420. The van der Waals surface area contributed by atoms with E-state index in [1.165, 1.54) is 11.0 Å². The molecule has 1 heterocycles. The standard InChI is InChI=1S/C30H27F3N2O4/c31-30(32,33)15-27(36)35-12-11-23-22(19-7-4-8-20(13-19)29(38)39)10-9-21(26(23)17-35)16-34-28(37)25-14-24(25)18-5-2-1-3-6-18/h1-10,13,24-25H,11-12,14-17H2,(H,34,37)(H,38,39)/t24-,25-/m0/s1. The van der Waals surface area contributed by atoms with Crippen molar-refractivity contribution < 1.29 is 32.7 Å². The fourth-order valence-electron chi connectivity index (χ4n) is 5.36. The van der Waals surface area contributed by atoms with Crippen LogP contribution in [0.2, 0.25) is 0 Å². The minimum Gasteiger partial charge on any atom is -0.478 e. The highest BCUT2D eigenvalue weighted by molar-refractivity contribution is 5.90. The van der Waals surface area contributed by atoms with Gasteiger partial charge in [0.2, 0.25) is 11.8 Å². The van der Waals surface area contributed by atoms with E-state index in [9.17, 15) is 32.7 Å². The number of alkyl halides is 3. The lowest BCUT2D eigenvalue weighted by Gasteiger charge is -2.32. The van der Waals surface area contributed by atoms with Crippen molar-refractivity contribution in [2.45, 2.75) is 44.4 Å². The van der Waals surface area contributed by atoms with E-state index in [1.807, 2.05) is 36.4 Å². The molecule has 5 rings (SSSR count). The first-order valence-electron chi connectivity index (χ1n) is 12.8. The molecule has 6 nitrogen and oxygen atoms in total. The van der Waals surface area contributed by atoms with E-state index >= 15 is 0 Å². The number of carboxylic acids is 1. The fourth-order valence-corrected chi connectivity index (χ4v) is 5.36. The number of carbonyl (C=O) groups is 3. The third kappa shape index (κ3) is 5.97. The highest BCUT2D eigenvalue weighted by Gasteiger charge is 2.43. The van der Waals surface area contributed by atoms with Crippen molar-refractivity contribution in [3.05, 3.63) is 94.5 Å². The van der Waals surface area contributed by atoms with Crippen LogP contribution in [-0.2, 0) is 29.1 Å². The summed E-state index contributed by atoms with van der Waals surface area (Å²) in [6, 6.07) is 19.9. The number of amides is 2. The van der Waals surface area contributed by atoms with Crippen molar-refractivity contribution in [3.8, 4) is 11.1 Å². The second-order valence-corrected chi connectivity index (χ2v) is 10.0. The molecule has 202 valence electrons. The lowest BCUT2D eigenvalue weighted by atomic mass is 9.87. The lowest BCUT2D eigenvalue weighted by Crippen LogP contribution is -2.39. The molecule has 1 aliphatic carbocycles. The summed E-state index contributed by atoms with van der Waals surface area (Å²) in [7, 11) is 0. The van der Waals surface area contributed by atoms with Crippen LogP contribution in [0.5, 0.6) is 0 Å². The molecule has 3 aromatic carbocycles. The molecule has 0 unspecified atom stereocenters. The molecular weight excluding hydrogens is 509 g/mol. The molecule has 3 aromatic rings. The van der Waals surface area contributed by atoms with Gasteiger partial charge in [0, 0.05) is 25.6 Å². The average molecular weight is 537 g/mol. The van der Waals surface area contributed by atoms with Crippen LogP contribution in [0.25, 0.3) is 11.1 Å². The summed E-state index contributed by atoms with van der Waals surface area (Å²) in [5.74, 6) is -2.12. The molecule has 0 radical (unpaired) electrons. The summed E-state index contributed by atoms with van der Waals surface area (Å²) in [5, 5.41) is 12.4. The molecule has 0 bridgehead atoms. The van der Waals surface area contributed by atoms with Crippen LogP contribution >= 0.6 is 0 Å². The second-order valence-electron chi connectivity index (χ2n) is 10.0. The summed E-state index contributed by atoms with van der Waals surface area (Å²) < 4.78 is 38.8. The minimum absolute atomic E-state index is 0.0159. The molecule has 2 amide bonds.